The van der Waals surface area contributed by atoms with Crippen molar-refractivity contribution < 1.29 is 0 Å². The third-order valence-electron chi connectivity index (χ3n) is 3.87. The molecule has 0 unspecified atom stereocenters. The quantitative estimate of drug-likeness (QED) is 0.661. The smallest absolute Gasteiger partial charge is 0.187 e. The molecule has 1 saturated carbocycles. The molecule has 0 aliphatic heterocycles. The fraction of sp³-hybridized carbons (Fsp3) is 0.500. The summed E-state index contributed by atoms with van der Waals surface area (Å²) in [6.45, 7) is 5.22. The van der Waals surface area contributed by atoms with Gasteiger partial charge in [0.05, 0.1) is 0 Å². The number of nitrogens with zero attached hydrogens (tertiary/aromatic N) is 1. The van der Waals surface area contributed by atoms with E-state index < -0.39 is 0 Å². The maximum Gasteiger partial charge on any atom is 0.187 e. The van der Waals surface area contributed by atoms with E-state index in [0.29, 0.717) is 16.9 Å². The highest BCUT2D eigenvalue weighted by Crippen LogP contribution is 2.25. The molecule has 0 radical (unpaired) electrons. The Bertz CT molecular complexity index is 458. The summed E-state index contributed by atoms with van der Waals surface area (Å²) in [6.07, 6.45) is 3.77. The van der Waals surface area contributed by atoms with Gasteiger partial charge in [-0.2, -0.15) is 5.10 Å². The molecule has 0 spiro atoms. The van der Waals surface area contributed by atoms with Gasteiger partial charge in [0.15, 0.2) is 5.11 Å². The lowest BCUT2D eigenvalue weighted by atomic mass is 9.81. The Morgan fingerprint density at radius 1 is 1.20 bits per heavy atom. The molecule has 0 bridgehead atoms. The highest BCUT2D eigenvalue weighted by atomic mass is 32.1. The van der Waals surface area contributed by atoms with Gasteiger partial charge in [-0.3, -0.25) is 5.43 Å². The summed E-state index contributed by atoms with van der Waals surface area (Å²) >= 11 is 5.27. The molecule has 1 aliphatic rings. The topological polar surface area (TPSA) is 36.4 Å². The van der Waals surface area contributed by atoms with Crippen molar-refractivity contribution in [3.63, 3.8) is 0 Å². The van der Waals surface area contributed by atoms with E-state index in [0.717, 1.165) is 6.54 Å². The average molecular weight is 289 g/mol. The van der Waals surface area contributed by atoms with Gasteiger partial charge >= 0.3 is 0 Å². The van der Waals surface area contributed by atoms with Crippen LogP contribution < -0.4 is 10.7 Å². The highest BCUT2D eigenvalue weighted by molar-refractivity contribution is 7.80. The average Bonchev–Trinajstić information content (AvgIpc) is 2.46. The Balaban J connectivity index is 1.82. The summed E-state index contributed by atoms with van der Waals surface area (Å²) in [5, 5.41) is 8.29. The van der Waals surface area contributed by atoms with E-state index in [2.05, 4.69) is 41.8 Å². The van der Waals surface area contributed by atoms with Crippen molar-refractivity contribution in [2.75, 3.05) is 0 Å². The van der Waals surface area contributed by atoms with E-state index in [1.807, 2.05) is 18.2 Å². The third-order valence-corrected chi connectivity index (χ3v) is 4.10. The van der Waals surface area contributed by atoms with Crippen LogP contribution in [0.5, 0.6) is 0 Å². The molecule has 3 nitrogen and oxygen atoms in total. The molecule has 0 aromatic heterocycles. The van der Waals surface area contributed by atoms with Crippen molar-refractivity contribution in [2.45, 2.75) is 39.7 Å². The number of rotatable bonds is 3. The van der Waals surface area contributed by atoms with Crippen LogP contribution >= 0.6 is 12.2 Å². The van der Waals surface area contributed by atoms with E-state index in [4.69, 9.17) is 12.2 Å². The number of nitrogens with one attached hydrogen (secondary N) is 2. The summed E-state index contributed by atoms with van der Waals surface area (Å²) in [6, 6.07) is 10.2. The molecular formula is C16H23N3S. The second kappa shape index (κ2) is 7.39. The van der Waals surface area contributed by atoms with Crippen LogP contribution in [0.3, 0.4) is 0 Å². The van der Waals surface area contributed by atoms with Crippen molar-refractivity contribution in [1.29, 1.82) is 0 Å². The van der Waals surface area contributed by atoms with Crippen molar-refractivity contribution in [3.05, 3.63) is 35.9 Å². The molecule has 1 fully saturated rings. The molecule has 0 heterocycles. The van der Waals surface area contributed by atoms with Crippen LogP contribution in [-0.4, -0.2) is 10.8 Å². The lowest BCUT2D eigenvalue weighted by Gasteiger charge is -2.26. The molecule has 1 aromatic carbocycles. The van der Waals surface area contributed by atoms with Gasteiger partial charge in [-0.1, -0.05) is 50.6 Å². The predicted octanol–water partition coefficient (Wildman–Crippen LogP) is 3.46. The predicted molar refractivity (Wildman–Crippen MR) is 88.6 cm³/mol. The minimum absolute atomic E-state index is 0.558. The fourth-order valence-corrected chi connectivity index (χ4v) is 2.78. The van der Waals surface area contributed by atoms with Crippen molar-refractivity contribution in [3.8, 4) is 0 Å². The van der Waals surface area contributed by atoms with E-state index in [1.54, 1.807) is 0 Å². The first kappa shape index (κ1) is 15.0. The highest BCUT2D eigenvalue weighted by Gasteiger charge is 2.22. The number of thiocarbonyl (C=S) groups is 1. The summed E-state index contributed by atoms with van der Waals surface area (Å²) in [7, 11) is 0. The van der Waals surface area contributed by atoms with Crippen LogP contribution in [0.1, 0.15) is 38.7 Å². The van der Waals surface area contributed by atoms with Gasteiger partial charge in [0, 0.05) is 12.3 Å². The number of hydrazone groups is 1. The maximum absolute atomic E-state index is 5.27. The molecule has 108 valence electrons. The van der Waals surface area contributed by atoms with Gasteiger partial charge in [-0.15, -0.1) is 0 Å². The van der Waals surface area contributed by atoms with Gasteiger partial charge in [0.2, 0.25) is 0 Å². The van der Waals surface area contributed by atoms with Crippen LogP contribution in [0.25, 0.3) is 0 Å². The summed E-state index contributed by atoms with van der Waals surface area (Å²) in [4.78, 5) is 0. The molecule has 4 heteroatoms. The largest absolute Gasteiger partial charge is 0.357 e. The molecule has 1 aliphatic carbocycles. The van der Waals surface area contributed by atoms with Crippen LogP contribution in [0.2, 0.25) is 0 Å². The Labute approximate surface area is 126 Å². The summed E-state index contributed by atoms with van der Waals surface area (Å²) in [5.74, 6) is 1.12. The molecule has 2 atom stereocenters. The zero-order chi connectivity index (χ0) is 14.4. The van der Waals surface area contributed by atoms with Crippen LogP contribution in [0, 0.1) is 11.8 Å². The van der Waals surface area contributed by atoms with Crippen LogP contribution in [0.4, 0.5) is 0 Å². The minimum atomic E-state index is 0.558. The van der Waals surface area contributed by atoms with Gasteiger partial charge < -0.3 is 5.32 Å². The molecule has 1 aromatic rings. The first-order chi connectivity index (χ1) is 9.66. The van der Waals surface area contributed by atoms with Crippen LogP contribution in [0.15, 0.2) is 35.4 Å². The first-order valence-electron chi connectivity index (χ1n) is 7.32. The van der Waals surface area contributed by atoms with Crippen molar-refractivity contribution in [2.24, 2.45) is 16.9 Å². The molecule has 20 heavy (non-hydrogen) atoms. The first-order valence-corrected chi connectivity index (χ1v) is 7.73. The van der Waals surface area contributed by atoms with E-state index in [9.17, 15) is 0 Å². The SMILES string of the molecule is C[C@@H]1CCC[C@@H](C)C1=NNC(=S)NCc1ccccc1. The zero-order valence-electron chi connectivity index (χ0n) is 12.2. The van der Waals surface area contributed by atoms with Crippen molar-refractivity contribution in [1.82, 2.24) is 10.7 Å². The van der Waals surface area contributed by atoms with Gasteiger partial charge in [-0.05, 0) is 42.5 Å². The Hall–Kier alpha value is -1.42. The van der Waals surface area contributed by atoms with Crippen LogP contribution in [-0.2, 0) is 6.54 Å². The summed E-state index contributed by atoms with van der Waals surface area (Å²) in [5.41, 5.74) is 5.45. The Morgan fingerprint density at radius 2 is 1.85 bits per heavy atom. The molecular weight excluding hydrogens is 266 g/mol. The number of benzene rings is 1. The Morgan fingerprint density at radius 3 is 2.50 bits per heavy atom. The second-order valence-electron chi connectivity index (χ2n) is 5.55. The second-order valence-corrected chi connectivity index (χ2v) is 5.96. The standard InChI is InChI=1S/C16H23N3S/c1-12-7-6-8-13(2)15(12)18-19-16(20)17-11-14-9-4-3-5-10-14/h3-5,9-10,12-13H,6-8,11H2,1-2H3,(H2,17,19,20)/t12-,13-/m1/s1. The van der Waals surface area contributed by atoms with Crippen molar-refractivity contribution >= 4 is 23.0 Å². The van der Waals surface area contributed by atoms with E-state index in [-0.39, 0.29) is 0 Å². The van der Waals surface area contributed by atoms with E-state index >= 15 is 0 Å². The van der Waals surface area contributed by atoms with Gasteiger partial charge in [0.1, 0.15) is 0 Å². The number of hydrogen-bond acceptors (Lipinski definition) is 2. The van der Waals surface area contributed by atoms with E-state index in [1.165, 1.54) is 30.5 Å². The fourth-order valence-electron chi connectivity index (χ4n) is 2.67. The molecule has 0 amide bonds. The normalized spacial score (nSPS) is 22.2. The summed E-state index contributed by atoms with van der Waals surface area (Å²) < 4.78 is 0. The molecule has 0 saturated heterocycles. The third kappa shape index (κ3) is 4.30. The zero-order valence-corrected chi connectivity index (χ0v) is 13.0. The lowest BCUT2D eigenvalue weighted by Crippen LogP contribution is -2.34. The Kier molecular flexibility index (Phi) is 5.53. The van der Waals surface area contributed by atoms with Gasteiger partial charge in [0.25, 0.3) is 0 Å². The van der Waals surface area contributed by atoms with Gasteiger partial charge in [-0.25, -0.2) is 0 Å². The minimum Gasteiger partial charge on any atom is -0.357 e. The molecule has 2 N–H and O–H groups in total. The lowest BCUT2D eigenvalue weighted by molar-refractivity contribution is 0.484. The monoisotopic (exact) mass is 289 g/mol. The molecule has 2 rings (SSSR count). The number of hydrogen-bond donors (Lipinski definition) is 2. The maximum atomic E-state index is 5.27.